The summed E-state index contributed by atoms with van der Waals surface area (Å²) in [5.41, 5.74) is 2.70. The van der Waals surface area contributed by atoms with Gasteiger partial charge in [0.1, 0.15) is 0 Å². The molecule has 0 saturated carbocycles. The van der Waals surface area contributed by atoms with Crippen molar-refractivity contribution in [2.45, 2.75) is 58.2 Å². The van der Waals surface area contributed by atoms with Gasteiger partial charge in [0.25, 0.3) is 0 Å². The number of carbonyl (C=O) groups is 1. The molecule has 27 heavy (non-hydrogen) atoms. The van der Waals surface area contributed by atoms with Crippen molar-refractivity contribution in [1.29, 1.82) is 0 Å². The summed E-state index contributed by atoms with van der Waals surface area (Å²) in [5.74, 6) is 0.130. The second-order valence-corrected chi connectivity index (χ2v) is 8.63. The number of allylic oxidation sites excluding steroid dienone is 2. The van der Waals surface area contributed by atoms with Gasteiger partial charge in [-0.05, 0) is 51.7 Å². The Labute approximate surface area is 165 Å². The van der Waals surface area contributed by atoms with Gasteiger partial charge in [0.05, 0.1) is 28.2 Å². The van der Waals surface area contributed by atoms with Gasteiger partial charge in [0.2, 0.25) is 5.91 Å². The highest BCUT2D eigenvalue weighted by atomic mass is 35.5. The lowest BCUT2D eigenvalue weighted by Crippen LogP contribution is -2.48. The number of aromatic nitrogens is 2. The summed E-state index contributed by atoms with van der Waals surface area (Å²) < 4.78 is 1.82. The van der Waals surface area contributed by atoms with Crippen LogP contribution in [-0.2, 0) is 18.4 Å². The van der Waals surface area contributed by atoms with Crippen molar-refractivity contribution in [3.05, 3.63) is 40.6 Å². The number of nitrogens with zero attached hydrogens (tertiary/aromatic N) is 2. The van der Waals surface area contributed by atoms with Crippen LogP contribution in [0.25, 0.3) is 10.9 Å². The molecule has 3 atom stereocenters. The monoisotopic (exact) mass is 386 g/mol. The van der Waals surface area contributed by atoms with E-state index >= 15 is 0 Å². The van der Waals surface area contributed by atoms with Gasteiger partial charge in [-0.15, -0.1) is 0 Å². The SMILES string of the molecule is CC(C)=CC[C@@]1(C(=O)NCc2nn(C)c3cccc(Cl)c23)C[C@@H]2CC[C@H]1N2. The topological polar surface area (TPSA) is 59.0 Å². The Morgan fingerprint density at radius 1 is 1.44 bits per heavy atom. The number of hydrogen-bond donors (Lipinski definition) is 2. The highest BCUT2D eigenvalue weighted by Crippen LogP contribution is 2.46. The molecular weight excluding hydrogens is 360 g/mol. The van der Waals surface area contributed by atoms with Crippen LogP contribution in [0.5, 0.6) is 0 Å². The third kappa shape index (κ3) is 3.17. The molecule has 1 aromatic heterocycles. The molecule has 2 aromatic rings. The van der Waals surface area contributed by atoms with Crippen LogP contribution in [0.15, 0.2) is 29.8 Å². The van der Waals surface area contributed by atoms with Gasteiger partial charge < -0.3 is 10.6 Å². The highest BCUT2D eigenvalue weighted by Gasteiger charge is 2.54. The van der Waals surface area contributed by atoms with E-state index in [0.29, 0.717) is 17.6 Å². The van der Waals surface area contributed by atoms with E-state index < -0.39 is 0 Å². The largest absolute Gasteiger partial charge is 0.350 e. The van der Waals surface area contributed by atoms with Crippen LogP contribution in [0.4, 0.5) is 0 Å². The molecule has 2 aliphatic heterocycles. The van der Waals surface area contributed by atoms with Gasteiger partial charge in [-0.3, -0.25) is 9.48 Å². The lowest BCUT2D eigenvalue weighted by atomic mass is 9.70. The van der Waals surface area contributed by atoms with E-state index in [4.69, 9.17) is 11.6 Å². The van der Waals surface area contributed by atoms with E-state index in [2.05, 4.69) is 35.7 Å². The summed E-state index contributed by atoms with van der Waals surface area (Å²) in [4.78, 5) is 13.3. The van der Waals surface area contributed by atoms with E-state index in [0.717, 1.165) is 35.9 Å². The summed E-state index contributed by atoms with van der Waals surface area (Å²) in [5, 5.41) is 13.0. The number of carbonyl (C=O) groups excluding carboxylic acids is 1. The number of rotatable bonds is 5. The lowest BCUT2D eigenvalue weighted by Gasteiger charge is -2.34. The molecule has 2 N–H and O–H groups in total. The van der Waals surface area contributed by atoms with Crippen LogP contribution in [0, 0.1) is 5.41 Å². The average molecular weight is 387 g/mol. The molecule has 0 unspecified atom stereocenters. The Bertz CT molecular complexity index is 914. The summed E-state index contributed by atoms with van der Waals surface area (Å²) in [6.07, 6.45) is 6.16. The normalized spacial score (nSPS) is 26.5. The van der Waals surface area contributed by atoms with Gasteiger partial charge in [0, 0.05) is 24.5 Å². The van der Waals surface area contributed by atoms with Gasteiger partial charge in [-0.2, -0.15) is 5.10 Å². The lowest BCUT2D eigenvalue weighted by molar-refractivity contribution is -0.132. The third-order valence-electron chi connectivity index (χ3n) is 6.16. The Balaban J connectivity index is 1.57. The minimum atomic E-state index is -0.353. The van der Waals surface area contributed by atoms with Crippen LogP contribution < -0.4 is 10.6 Å². The molecule has 3 heterocycles. The third-order valence-corrected chi connectivity index (χ3v) is 6.48. The molecule has 6 heteroatoms. The first kappa shape index (κ1) is 18.5. The summed E-state index contributed by atoms with van der Waals surface area (Å²) in [6.45, 7) is 4.58. The molecule has 2 fully saturated rings. The fourth-order valence-corrected chi connectivity index (χ4v) is 5.05. The quantitative estimate of drug-likeness (QED) is 0.770. The number of amides is 1. The molecule has 144 valence electrons. The predicted octanol–water partition coefficient (Wildman–Crippen LogP) is 3.71. The fraction of sp³-hybridized carbons (Fsp3) is 0.524. The number of halogens is 1. The van der Waals surface area contributed by atoms with E-state index in [9.17, 15) is 4.79 Å². The zero-order chi connectivity index (χ0) is 19.2. The molecule has 2 saturated heterocycles. The fourth-order valence-electron chi connectivity index (χ4n) is 4.77. The van der Waals surface area contributed by atoms with Crippen LogP contribution in [0.2, 0.25) is 5.02 Å². The molecule has 0 radical (unpaired) electrons. The summed E-state index contributed by atoms with van der Waals surface area (Å²) >= 11 is 6.40. The van der Waals surface area contributed by atoms with Crippen molar-refractivity contribution in [1.82, 2.24) is 20.4 Å². The van der Waals surface area contributed by atoms with Crippen molar-refractivity contribution in [2.75, 3.05) is 0 Å². The van der Waals surface area contributed by atoms with Crippen molar-refractivity contribution < 1.29 is 4.79 Å². The first-order valence-electron chi connectivity index (χ1n) is 9.68. The molecule has 2 bridgehead atoms. The van der Waals surface area contributed by atoms with E-state index in [1.165, 1.54) is 12.0 Å². The number of benzene rings is 1. The second-order valence-electron chi connectivity index (χ2n) is 8.23. The Morgan fingerprint density at radius 3 is 2.93 bits per heavy atom. The molecule has 1 aromatic carbocycles. The van der Waals surface area contributed by atoms with Gasteiger partial charge >= 0.3 is 0 Å². The van der Waals surface area contributed by atoms with E-state index in [1.807, 2.05) is 29.9 Å². The number of nitrogens with one attached hydrogen (secondary N) is 2. The van der Waals surface area contributed by atoms with Crippen molar-refractivity contribution in [3.63, 3.8) is 0 Å². The minimum absolute atomic E-state index is 0.130. The van der Waals surface area contributed by atoms with Crippen molar-refractivity contribution in [3.8, 4) is 0 Å². The average Bonchev–Trinajstić information content (AvgIpc) is 3.32. The van der Waals surface area contributed by atoms with Crippen LogP contribution in [0.1, 0.15) is 45.2 Å². The standard InChI is InChI=1S/C21H27ClN4O/c1-13(2)9-10-21(11-14-7-8-18(21)24-14)20(27)23-12-16-19-15(22)5-4-6-17(19)26(3)25-16/h4-6,9,14,18,24H,7-8,10-12H2,1-3H3,(H,23,27)/t14-,18+,21+/m0/s1. The summed E-state index contributed by atoms with van der Waals surface area (Å²) in [6, 6.07) is 6.52. The Kier molecular flexibility index (Phi) is 4.77. The summed E-state index contributed by atoms with van der Waals surface area (Å²) in [7, 11) is 1.90. The van der Waals surface area contributed by atoms with Crippen molar-refractivity contribution >= 4 is 28.4 Å². The Hall–Kier alpha value is -1.85. The molecule has 0 spiro atoms. The van der Waals surface area contributed by atoms with E-state index in [1.54, 1.807) is 0 Å². The predicted molar refractivity (Wildman–Crippen MR) is 109 cm³/mol. The molecule has 0 aliphatic carbocycles. The highest BCUT2D eigenvalue weighted by molar-refractivity contribution is 6.35. The zero-order valence-electron chi connectivity index (χ0n) is 16.2. The molecule has 2 aliphatic rings. The first-order valence-corrected chi connectivity index (χ1v) is 10.1. The van der Waals surface area contributed by atoms with Crippen LogP contribution >= 0.6 is 11.6 Å². The molecular formula is C21H27ClN4O. The second kappa shape index (κ2) is 6.95. The maximum Gasteiger partial charge on any atom is 0.228 e. The van der Waals surface area contributed by atoms with Gasteiger partial charge in [-0.1, -0.05) is 29.3 Å². The number of hydrogen-bond acceptors (Lipinski definition) is 3. The first-order chi connectivity index (χ1) is 12.9. The molecule has 5 nitrogen and oxygen atoms in total. The van der Waals surface area contributed by atoms with Gasteiger partial charge in [-0.25, -0.2) is 0 Å². The number of aryl methyl sites for hydroxylation is 1. The molecule has 1 amide bonds. The van der Waals surface area contributed by atoms with Crippen LogP contribution in [0.3, 0.4) is 0 Å². The minimum Gasteiger partial charge on any atom is -0.350 e. The maximum atomic E-state index is 13.3. The van der Waals surface area contributed by atoms with E-state index in [-0.39, 0.29) is 17.4 Å². The van der Waals surface area contributed by atoms with Crippen molar-refractivity contribution in [2.24, 2.45) is 12.5 Å². The zero-order valence-corrected chi connectivity index (χ0v) is 16.9. The van der Waals surface area contributed by atoms with Gasteiger partial charge in [0.15, 0.2) is 0 Å². The number of fused-ring (bicyclic) bond motifs is 3. The molecule has 4 rings (SSSR count). The maximum absolute atomic E-state index is 13.3. The Morgan fingerprint density at radius 2 is 2.26 bits per heavy atom. The smallest absolute Gasteiger partial charge is 0.228 e. The van der Waals surface area contributed by atoms with Crippen LogP contribution in [-0.4, -0.2) is 27.8 Å².